The fourth-order valence-electron chi connectivity index (χ4n) is 3.02. The van der Waals surface area contributed by atoms with Crippen LogP contribution in [-0.2, 0) is 11.3 Å². The Labute approximate surface area is 136 Å². The van der Waals surface area contributed by atoms with Crippen LogP contribution >= 0.6 is 0 Å². The van der Waals surface area contributed by atoms with Crippen LogP contribution in [0, 0.1) is 0 Å². The van der Waals surface area contributed by atoms with Gasteiger partial charge in [0.1, 0.15) is 32.7 Å². The number of aromatic nitrogens is 1. The van der Waals surface area contributed by atoms with Gasteiger partial charge in [-0.05, 0) is 18.2 Å². The standard InChI is InChI=1S/C18H22N4O/c1-15(23)20-17-7-5-16(6-8-17)14-21-10-12-22(13-11-21)18-4-2-3-9-19-18/h2-9H,10-14H2,1H3,(H,20,23)/p+2. The van der Waals surface area contributed by atoms with Gasteiger partial charge in [0.15, 0.2) is 0 Å². The van der Waals surface area contributed by atoms with Crippen molar-refractivity contribution in [3.63, 3.8) is 0 Å². The molecule has 3 rings (SSSR count). The molecule has 0 bridgehead atoms. The number of amides is 1. The SMILES string of the molecule is CC(=O)Nc1ccc(C[NH+]2CCN(c3cccc[nH+]3)CC2)cc1. The summed E-state index contributed by atoms with van der Waals surface area (Å²) >= 11 is 0. The second-order valence-electron chi connectivity index (χ2n) is 6.04. The smallest absolute Gasteiger partial charge is 0.274 e. The molecule has 23 heavy (non-hydrogen) atoms. The van der Waals surface area contributed by atoms with Crippen molar-refractivity contribution < 1.29 is 14.7 Å². The van der Waals surface area contributed by atoms with Gasteiger partial charge in [-0.3, -0.25) is 9.69 Å². The maximum Gasteiger partial charge on any atom is 0.274 e. The minimum Gasteiger partial charge on any atom is -0.326 e. The molecule has 1 amide bonds. The molecule has 0 unspecified atom stereocenters. The summed E-state index contributed by atoms with van der Waals surface area (Å²) in [6.07, 6.45) is 1.98. The Bertz CT molecular complexity index is 634. The highest BCUT2D eigenvalue weighted by Crippen LogP contribution is 2.09. The third kappa shape index (κ3) is 4.29. The van der Waals surface area contributed by atoms with Crippen LogP contribution in [0.1, 0.15) is 12.5 Å². The number of quaternary nitrogens is 1. The minimum atomic E-state index is -0.0304. The highest BCUT2D eigenvalue weighted by molar-refractivity contribution is 5.88. The van der Waals surface area contributed by atoms with Crippen molar-refractivity contribution in [3.8, 4) is 0 Å². The van der Waals surface area contributed by atoms with E-state index >= 15 is 0 Å². The number of piperazine rings is 1. The van der Waals surface area contributed by atoms with E-state index in [9.17, 15) is 4.79 Å². The molecule has 1 aromatic carbocycles. The van der Waals surface area contributed by atoms with Crippen molar-refractivity contribution >= 4 is 17.4 Å². The van der Waals surface area contributed by atoms with Gasteiger partial charge >= 0.3 is 0 Å². The van der Waals surface area contributed by atoms with Crippen LogP contribution in [0.5, 0.6) is 0 Å². The maximum absolute atomic E-state index is 11.0. The van der Waals surface area contributed by atoms with Gasteiger partial charge in [-0.1, -0.05) is 18.2 Å². The largest absolute Gasteiger partial charge is 0.326 e. The second-order valence-corrected chi connectivity index (χ2v) is 6.04. The van der Waals surface area contributed by atoms with Crippen molar-refractivity contribution in [1.29, 1.82) is 0 Å². The van der Waals surface area contributed by atoms with Gasteiger partial charge in [0.2, 0.25) is 5.91 Å². The Morgan fingerprint density at radius 1 is 1.17 bits per heavy atom. The number of pyridine rings is 1. The molecule has 1 saturated heterocycles. The number of rotatable bonds is 4. The number of carbonyl (C=O) groups is 1. The van der Waals surface area contributed by atoms with E-state index in [0.29, 0.717) is 0 Å². The van der Waals surface area contributed by atoms with Crippen molar-refractivity contribution in [2.24, 2.45) is 0 Å². The summed E-state index contributed by atoms with van der Waals surface area (Å²) in [6.45, 7) is 6.97. The van der Waals surface area contributed by atoms with Gasteiger partial charge in [0.05, 0.1) is 6.20 Å². The number of hydrogen-bond donors (Lipinski definition) is 2. The monoisotopic (exact) mass is 312 g/mol. The molecule has 0 spiro atoms. The van der Waals surface area contributed by atoms with Gasteiger partial charge in [-0.25, -0.2) is 4.98 Å². The summed E-state index contributed by atoms with van der Waals surface area (Å²) in [7, 11) is 0. The highest BCUT2D eigenvalue weighted by atomic mass is 16.1. The van der Waals surface area contributed by atoms with Crippen LogP contribution in [0.2, 0.25) is 0 Å². The molecule has 1 fully saturated rings. The molecule has 0 atom stereocenters. The number of carbonyl (C=O) groups excluding carboxylic acids is 1. The zero-order chi connectivity index (χ0) is 16.1. The average molecular weight is 312 g/mol. The number of nitrogens with zero attached hydrogens (tertiary/aromatic N) is 1. The molecule has 3 N–H and O–H groups in total. The summed E-state index contributed by atoms with van der Waals surface area (Å²) in [5.41, 5.74) is 2.18. The quantitative estimate of drug-likeness (QED) is 0.857. The van der Waals surface area contributed by atoms with Crippen LogP contribution in [0.3, 0.4) is 0 Å². The Hall–Kier alpha value is -2.40. The van der Waals surface area contributed by atoms with E-state index in [4.69, 9.17) is 0 Å². The zero-order valence-electron chi connectivity index (χ0n) is 13.5. The zero-order valence-corrected chi connectivity index (χ0v) is 13.5. The van der Waals surface area contributed by atoms with E-state index in [1.807, 2.05) is 24.4 Å². The molecule has 5 heteroatoms. The minimum absolute atomic E-state index is 0.0304. The maximum atomic E-state index is 11.0. The molecule has 1 aliphatic rings. The third-order valence-electron chi connectivity index (χ3n) is 4.23. The molecule has 1 aromatic heterocycles. The van der Waals surface area contributed by atoms with Gasteiger partial charge in [0, 0.05) is 24.2 Å². The molecule has 0 radical (unpaired) electrons. The molecular formula is C18H24N4O+2. The molecule has 2 aromatic rings. The third-order valence-corrected chi connectivity index (χ3v) is 4.23. The molecule has 2 heterocycles. The van der Waals surface area contributed by atoms with E-state index < -0.39 is 0 Å². The van der Waals surface area contributed by atoms with E-state index in [0.717, 1.165) is 38.4 Å². The van der Waals surface area contributed by atoms with Gasteiger partial charge in [0.25, 0.3) is 5.82 Å². The van der Waals surface area contributed by atoms with Gasteiger partial charge in [-0.2, -0.15) is 0 Å². The molecule has 5 nitrogen and oxygen atoms in total. The van der Waals surface area contributed by atoms with Crippen LogP contribution in [0.4, 0.5) is 11.5 Å². The van der Waals surface area contributed by atoms with Crippen LogP contribution < -0.4 is 20.1 Å². The number of H-pyrrole nitrogens is 1. The number of hydrogen-bond acceptors (Lipinski definition) is 2. The first kappa shape index (κ1) is 15.5. The normalized spacial score (nSPS) is 15.4. The van der Waals surface area contributed by atoms with Crippen molar-refractivity contribution in [1.82, 2.24) is 0 Å². The summed E-state index contributed by atoms with van der Waals surface area (Å²) in [6, 6.07) is 14.4. The van der Waals surface area contributed by atoms with E-state index in [1.165, 1.54) is 18.3 Å². The fraction of sp³-hybridized carbons (Fsp3) is 0.333. The lowest BCUT2D eigenvalue weighted by Gasteiger charge is -2.28. The van der Waals surface area contributed by atoms with Gasteiger partial charge in [-0.15, -0.1) is 0 Å². The van der Waals surface area contributed by atoms with Crippen LogP contribution in [0.25, 0.3) is 0 Å². The first-order valence-electron chi connectivity index (χ1n) is 8.12. The summed E-state index contributed by atoms with van der Waals surface area (Å²) in [4.78, 5) is 18.4. The van der Waals surface area contributed by atoms with E-state index in [2.05, 4.69) is 39.5 Å². The predicted octanol–water partition coefficient (Wildman–Crippen LogP) is 0.364. The first-order chi connectivity index (χ1) is 11.2. The van der Waals surface area contributed by atoms with Crippen LogP contribution in [-0.4, -0.2) is 32.1 Å². The molecule has 0 saturated carbocycles. The first-order valence-corrected chi connectivity index (χ1v) is 8.12. The average Bonchev–Trinajstić information content (AvgIpc) is 2.58. The topological polar surface area (TPSA) is 50.9 Å². The predicted molar refractivity (Wildman–Crippen MR) is 90.4 cm³/mol. The summed E-state index contributed by atoms with van der Waals surface area (Å²) in [5, 5.41) is 2.80. The summed E-state index contributed by atoms with van der Waals surface area (Å²) < 4.78 is 0. The van der Waals surface area contributed by atoms with Gasteiger partial charge < -0.3 is 10.2 Å². The van der Waals surface area contributed by atoms with Crippen molar-refractivity contribution in [2.75, 3.05) is 36.4 Å². The van der Waals surface area contributed by atoms with E-state index in [-0.39, 0.29) is 5.91 Å². The lowest BCUT2D eigenvalue weighted by atomic mass is 10.1. The molecule has 0 aliphatic carbocycles. The second kappa shape index (κ2) is 7.24. The fourth-order valence-corrected chi connectivity index (χ4v) is 3.02. The van der Waals surface area contributed by atoms with Crippen molar-refractivity contribution in [2.45, 2.75) is 13.5 Å². The number of aromatic amines is 1. The molecular weight excluding hydrogens is 288 g/mol. The number of nitrogens with one attached hydrogen (secondary N) is 3. The molecule has 1 aliphatic heterocycles. The molecule has 120 valence electrons. The lowest BCUT2D eigenvalue weighted by molar-refractivity contribution is -0.914. The van der Waals surface area contributed by atoms with E-state index in [1.54, 1.807) is 4.90 Å². The van der Waals surface area contributed by atoms with Crippen molar-refractivity contribution in [3.05, 3.63) is 54.2 Å². The van der Waals surface area contributed by atoms with Crippen LogP contribution in [0.15, 0.2) is 48.7 Å². The number of benzene rings is 1. The Balaban J connectivity index is 1.51. The Kier molecular flexibility index (Phi) is 4.88. The highest BCUT2D eigenvalue weighted by Gasteiger charge is 2.25. The lowest BCUT2D eigenvalue weighted by Crippen LogP contribution is -3.13. The Morgan fingerprint density at radius 2 is 1.91 bits per heavy atom. The number of anilines is 2. The Morgan fingerprint density at radius 3 is 2.52 bits per heavy atom. The summed E-state index contributed by atoms with van der Waals surface area (Å²) in [5.74, 6) is 1.17.